The quantitative estimate of drug-likeness (QED) is 0.664. The lowest BCUT2D eigenvalue weighted by atomic mass is 9.96. The number of ether oxygens (including phenoxy) is 1. The number of amides is 2. The van der Waals surface area contributed by atoms with Crippen LogP contribution in [0.25, 0.3) is 0 Å². The molecule has 0 saturated heterocycles. The molecule has 0 aromatic carbocycles. The number of carbonyl (C=O) groups excluding carboxylic acids is 2. The second-order valence-corrected chi connectivity index (χ2v) is 7.08. The van der Waals surface area contributed by atoms with Gasteiger partial charge in [-0.15, -0.1) is 0 Å². The molecule has 1 saturated carbocycles. The monoisotopic (exact) mass is 375 g/mol. The van der Waals surface area contributed by atoms with E-state index in [1.807, 2.05) is 0 Å². The van der Waals surface area contributed by atoms with Gasteiger partial charge in [-0.25, -0.2) is 9.59 Å². The SMILES string of the molecule is CCOC(=O)C1=C(CNC2CCCCCCC2)NC(=O)N[C@@H]1c1ccco1. The summed E-state index contributed by atoms with van der Waals surface area (Å²) in [6.45, 7) is 2.45. The molecule has 27 heavy (non-hydrogen) atoms. The van der Waals surface area contributed by atoms with Crippen LogP contribution in [0, 0.1) is 0 Å². The van der Waals surface area contributed by atoms with E-state index >= 15 is 0 Å². The van der Waals surface area contributed by atoms with Gasteiger partial charge in [-0.2, -0.15) is 0 Å². The summed E-state index contributed by atoms with van der Waals surface area (Å²) in [5, 5.41) is 9.09. The van der Waals surface area contributed by atoms with E-state index in [9.17, 15) is 9.59 Å². The maximum Gasteiger partial charge on any atom is 0.338 e. The smallest absolute Gasteiger partial charge is 0.338 e. The Bertz CT molecular complexity index is 661. The summed E-state index contributed by atoms with van der Waals surface area (Å²) in [4.78, 5) is 24.8. The standard InChI is InChI=1S/C20H29N3O4/c1-2-26-19(24)17-15(13-21-14-9-6-4-3-5-7-10-14)22-20(25)23-18(17)16-11-8-12-27-16/h8,11-12,14,18,21H,2-7,9-10,13H2,1H3,(H2,22,23,25)/t18-/m1/s1. The average molecular weight is 375 g/mol. The van der Waals surface area contributed by atoms with Crippen LogP contribution in [0.1, 0.15) is 63.7 Å². The van der Waals surface area contributed by atoms with Gasteiger partial charge in [0.2, 0.25) is 0 Å². The van der Waals surface area contributed by atoms with Crippen LogP contribution in [0.4, 0.5) is 4.79 Å². The molecule has 0 radical (unpaired) electrons. The molecule has 2 amide bonds. The van der Waals surface area contributed by atoms with E-state index in [0.29, 0.717) is 29.6 Å². The van der Waals surface area contributed by atoms with E-state index in [4.69, 9.17) is 9.15 Å². The molecule has 0 unspecified atom stereocenters. The summed E-state index contributed by atoms with van der Waals surface area (Å²) in [5.41, 5.74) is 0.949. The number of furan rings is 1. The van der Waals surface area contributed by atoms with Gasteiger partial charge in [0, 0.05) is 18.3 Å². The van der Waals surface area contributed by atoms with Crippen molar-refractivity contribution in [3.05, 3.63) is 35.4 Å². The summed E-state index contributed by atoms with van der Waals surface area (Å²) >= 11 is 0. The lowest BCUT2D eigenvalue weighted by Crippen LogP contribution is -2.48. The molecule has 0 spiro atoms. The van der Waals surface area contributed by atoms with Crippen LogP contribution in [0.3, 0.4) is 0 Å². The van der Waals surface area contributed by atoms with Crippen LogP contribution in [0.15, 0.2) is 34.1 Å². The normalized spacial score (nSPS) is 21.8. The highest BCUT2D eigenvalue weighted by atomic mass is 16.5. The molecule has 7 heteroatoms. The molecule has 1 fully saturated rings. The van der Waals surface area contributed by atoms with Crippen molar-refractivity contribution in [3.8, 4) is 0 Å². The second kappa shape index (κ2) is 9.60. The molecule has 1 aromatic heterocycles. The summed E-state index contributed by atoms with van der Waals surface area (Å²) in [5.74, 6) is 0.0669. The van der Waals surface area contributed by atoms with Crippen molar-refractivity contribution in [1.82, 2.24) is 16.0 Å². The molecule has 3 rings (SSSR count). The number of rotatable bonds is 6. The van der Waals surface area contributed by atoms with Gasteiger partial charge in [-0.05, 0) is 31.9 Å². The lowest BCUT2D eigenvalue weighted by molar-refractivity contribution is -0.139. The number of urea groups is 1. The average Bonchev–Trinajstić information content (AvgIpc) is 3.15. The maximum atomic E-state index is 12.6. The third kappa shape index (κ3) is 5.13. The molecule has 2 heterocycles. The first-order valence-electron chi connectivity index (χ1n) is 9.93. The third-order valence-electron chi connectivity index (χ3n) is 5.15. The first-order valence-corrected chi connectivity index (χ1v) is 9.93. The Morgan fingerprint density at radius 3 is 2.67 bits per heavy atom. The number of carbonyl (C=O) groups is 2. The maximum absolute atomic E-state index is 12.6. The fraction of sp³-hybridized carbons (Fsp3) is 0.600. The Hall–Kier alpha value is -2.28. The van der Waals surface area contributed by atoms with Crippen LogP contribution >= 0.6 is 0 Å². The summed E-state index contributed by atoms with van der Waals surface area (Å²) in [6.07, 6.45) is 10.1. The predicted molar refractivity (Wildman–Crippen MR) is 101 cm³/mol. The van der Waals surface area contributed by atoms with Crippen molar-refractivity contribution in [1.29, 1.82) is 0 Å². The Kier molecular flexibility index (Phi) is 6.92. The van der Waals surface area contributed by atoms with Crippen LogP contribution in [0.5, 0.6) is 0 Å². The van der Waals surface area contributed by atoms with Gasteiger partial charge in [0.1, 0.15) is 11.8 Å². The van der Waals surface area contributed by atoms with Gasteiger partial charge in [0.25, 0.3) is 0 Å². The zero-order valence-electron chi connectivity index (χ0n) is 15.9. The van der Waals surface area contributed by atoms with Crippen molar-refractivity contribution in [2.75, 3.05) is 13.2 Å². The van der Waals surface area contributed by atoms with Crippen molar-refractivity contribution < 1.29 is 18.7 Å². The van der Waals surface area contributed by atoms with Gasteiger partial charge >= 0.3 is 12.0 Å². The fourth-order valence-electron chi connectivity index (χ4n) is 3.78. The molecule has 148 valence electrons. The molecule has 1 aromatic rings. The van der Waals surface area contributed by atoms with E-state index in [0.717, 1.165) is 12.8 Å². The van der Waals surface area contributed by atoms with Gasteiger partial charge in [-0.1, -0.05) is 32.1 Å². The second-order valence-electron chi connectivity index (χ2n) is 7.08. The molecule has 1 aliphatic heterocycles. The fourth-order valence-corrected chi connectivity index (χ4v) is 3.78. The number of esters is 1. The molecular formula is C20H29N3O4. The van der Waals surface area contributed by atoms with E-state index in [2.05, 4.69) is 16.0 Å². The van der Waals surface area contributed by atoms with Crippen LogP contribution in [-0.2, 0) is 9.53 Å². The Labute approximate surface area is 159 Å². The van der Waals surface area contributed by atoms with Crippen molar-refractivity contribution in [3.63, 3.8) is 0 Å². The van der Waals surface area contributed by atoms with Gasteiger partial charge in [-0.3, -0.25) is 0 Å². The zero-order chi connectivity index (χ0) is 19.1. The van der Waals surface area contributed by atoms with Crippen molar-refractivity contribution in [2.45, 2.75) is 64.0 Å². The third-order valence-corrected chi connectivity index (χ3v) is 5.15. The Morgan fingerprint density at radius 2 is 2.00 bits per heavy atom. The highest BCUT2D eigenvalue weighted by molar-refractivity contribution is 5.95. The van der Waals surface area contributed by atoms with E-state index < -0.39 is 12.0 Å². The molecule has 2 aliphatic rings. The van der Waals surface area contributed by atoms with Crippen molar-refractivity contribution in [2.24, 2.45) is 0 Å². The van der Waals surface area contributed by atoms with E-state index in [1.165, 1.54) is 38.4 Å². The van der Waals surface area contributed by atoms with Crippen LogP contribution in [0.2, 0.25) is 0 Å². The summed E-state index contributed by atoms with van der Waals surface area (Å²) < 4.78 is 10.7. The van der Waals surface area contributed by atoms with Gasteiger partial charge in [0.05, 0.1) is 18.4 Å². The van der Waals surface area contributed by atoms with Gasteiger partial charge in [0.15, 0.2) is 0 Å². The minimum Gasteiger partial charge on any atom is -0.467 e. The highest BCUT2D eigenvalue weighted by Gasteiger charge is 2.35. The first-order chi connectivity index (χ1) is 13.2. The van der Waals surface area contributed by atoms with E-state index in [1.54, 1.807) is 19.1 Å². The molecule has 1 atom stereocenters. The van der Waals surface area contributed by atoms with Crippen LogP contribution < -0.4 is 16.0 Å². The van der Waals surface area contributed by atoms with E-state index in [-0.39, 0.29) is 12.6 Å². The Morgan fingerprint density at radius 1 is 1.26 bits per heavy atom. The predicted octanol–water partition coefficient (Wildman–Crippen LogP) is 3.15. The Balaban J connectivity index is 1.80. The van der Waals surface area contributed by atoms with Crippen molar-refractivity contribution >= 4 is 12.0 Å². The number of nitrogens with one attached hydrogen (secondary N) is 3. The van der Waals surface area contributed by atoms with Gasteiger partial charge < -0.3 is 25.1 Å². The highest BCUT2D eigenvalue weighted by Crippen LogP contribution is 2.28. The first kappa shape index (κ1) is 19.5. The summed E-state index contributed by atoms with van der Waals surface area (Å²) in [7, 11) is 0. The number of hydrogen-bond donors (Lipinski definition) is 3. The largest absolute Gasteiger partial charge is 0.467 e. The molecule has 0 bridgehead atoms. The number of hydrogen-bond acceptors (Lipinski definition) is 5. The molecule has 3 N–H and O–H groups in total. The van der Waals surface area contributed by atoms with Crippen LogP contribution in [-0.4, -0.2) is 31.2 Å². The minimum absolute atomic E-state index is 0.268. The molecule has 1 aliphatic carbocycles. The summed E-state index contributed by atoms with van der Waals surface area (Å²) in [6, 6.07) is 2.88. The molecule has 7 nitrogen and oxygen atoms in total. The minimum atomic E-state index is -0.651. The lowest BCUT2D eigenvalue weighted by Gasteiger charge is -2.29. The molecular weight excluding hydrogens is 346 g/mol. The topological polar surface area (TPSA) is 92.6 Å². The zero-order valence-corrected chi connectivity index (χ0v) is 15.9.